The van der Waals surface area contributed by atoms with Gasteiger partial charge in [0.2, 0.25) is 0 Å². The normalized spacial score (nSPS) is 30.1. The molecule has 78 heavy (non-hydrogen) atoms. The van der Waals surface area contributed by atoms with E-state index >= 15 is 0 Å². The van der Waals surface area contributed by atoms with E-state index in [0.29, 0.717) is 0 Å². The van der Waals surface area contributed by atoms with Crippen LogP contribution >= 0.6 is 0 Å². The van der Waals surface area contributed by atoms with Crippen molar-refractivity contribution in [1.29, 1.82) is 0 Å². The van der Waals surface area contributed by atoms with E-state index in [1.54, 1.807) is 79.7 Å². The van der Waals surface area contributed by atoms with E-state index in [9.17, 15) is 33.6 Å². The highest BCUT2D eigenvalue weighted by molar-refractivity contribution is 5.91. The van der Waals surface area contributed by atoms with Gasteiger partial charge in [-0.05, 0) is 55.5 Å². The molecule has 4 heterocycles. The van der Waals surface area contributed by atoms with Crippen LogP contribution in [0.5, 0.6) is 0 Å². The summed E-state index contributed by atoms with van der Waals surface area (Å²) in [5.74, 6) is -8.00. The highest BCUT2D eigenvalue weighted by Gasteiger charge is 2.63. The van der Waals surface area contributed by atoms with Gasteiger partial charge in [0.1, 0.15) is 37.6 Å². The van der Waals surface area contributed by atoms with Crippen molar-refractivity contribution in [3.05, 3.63) is 156 Å². The Hall–Kier alpha value is -7.41. The number of fused-ring (bicyclic) bond motifs is 1. The van der Waals surface area contributed by atoms with Crippen LogP contribution in [0.2, 0.25) is 0 Å². The summed E-state index contributed by atoms with van der Waals surface area (Å²) in [6.07, 6.45) is -19.3. The molecule has 1 unspecified atom stereocenters. The number of hydrogen-bond acceptors (Lipinski definition) is 22. The van der Waals surface area contributed by atoms with Gasteiger partial charge in [0.25, 0.3) is 5.97 Å². The molecule has 8 rings (SSSR count). The van der Waals surface area contributed by atoms with E-state index in [1.165, 1.54) is 61.5 Å². The number of esters is 7. The van der Waals surface area contributed by atoms with Crippen LogP contribution in [0.15, 0.2) is 134 Å². The van der Waals surface area contributed by atoms with E-state index in [0.717, 1.165) is 20.8 Å². The number of carbonyl (C=O) groups is 7. The maximum Gasteiger partial charge on any atom is 0.338 e. The molecule has 0 spiro atoms. The molecule has 414 valence electrons. The number of hydrogen-bond donors (Lipinski definition) is 0. The van der Waals surface area contributed by atoms with E-state index in [2.05, 4.69) is 6.58 Å². The molecule has 22 heteroatoms. The van der Waals surface area contributed by atoms with Gasteiger partial charge in [-0.25, -0.2) is 19.2 Å². The summed E-state index contributed by atoms with van der Waals surface area (Å²) in [5.41, 5.74) is 0.519. The van der Waals surface area contributed by atoms with Crippen LogP contribution in [0.4, 0.5) is 0 Å². The lowest BCUT2D eigenvalue weighted by atomic mass is 9.98. The topological polar surface area (TPSA) is 258 Å². The molecule has 0 aromatic heterocycles. The summed E-state index contributed by atoms with van der Waals surface area (Å²) in [6, 6.07) is 31.9. The highest BCUT2D eigenvalue weighted by atomic mass is 17.0. The Morgan fingerprint density at radius 2 is 0.949 bits per heavy atom. The third-order valence-electron chi connectivity index (χ3n) is 12.5. The summed E-state index contributed by atoms with van der Waals surface area (Å²) in [4.78, 5) is 92.9. The molecule has 0 aliphatic carbocycles. The average molecular weight is 1080 g/mol. The predicted molar refractivity (Wildman–Crippen MR) is 263 cm³/mol. The molecule has 4 aromatic rings. The highest BCUT2D eigenvalue weighted by Crippen LogP contribution is 2.43. The maximum atomic E-state index is 14.2. The summed E-state index contributed by atoms with van der Waals surface area (Å²) in [6.45, 7) is 8.84. The number of benzene rings is 4. The van der Waals surface area contributed by atoms with Gasteiger partial charge >= 0.3 is 41.8 Å². The standard InChI is InChI=1S/C56H58O22/c1-7-28-64-53-47(74-52(63)38-26-18-11-19-27-38)45(76-56(6)77-48-44(69-34(5)59)42(68-33(4)58)39(29-65-32(3)57)71-55(48)78-56)41(31(2)67-53)75-54-46(73-51(62)37-24-16-10-17-25-37)43(72-50(61)36-22-14-9-15-23-36)40(70-54)30-66-49(60)35-20-12-8-13-21-35/h7-27,31,39-48,53-55H,1,28-30H2,2-6H3/t31-,39+,40-,41-,42+,43-,44-,45+,46+,47+,48+,53+,54-,55+,56?/m0/s1. The third kappa shape index (κ3) is 14.0. The van der Waals surface area contributed by atoms with Gasteiger partial charge in [-0.15, -0.1) is 6.58 Å². The van der Waals surface area contributed by atoms with Gasteiger partial charge < -0.3 is 66.3 Å². The van der Waals surface area contributed by atoms with Crippen LogP contribution in [-0.4, -0.2) is 154 Å². The fourth-order valence-electron chi connectivity index (χ4n) is 9.07. The Kier molecular flexibility index (Phi) is 18.8. The van der Waals surface area contributed by atoms with E-state index < -0.39 is 147 Å². The lowest BCUT2D eigenvalue weighted by Gasteiger charge is -2.46. The fraction of sp³-hybridized carbons (Fsp3) is 0.411. The summed E-state index contributed by atoms with van der Waals surface area (Å²) >= 11 is 0. The molecule has 4 saturated heterocycles. The zero-order valence-corrected chi connectivity index (χ0v) is 43.0. The van der Waals surface area contributed by atoms with E-state index in [4.69, 9.17) is 71.1 Å². The number of rotatable bonds is 20. The third-order valence-corrected chi connectivity index (χ3v) is 12.5. The molecule has 0 amide bonds. The first-order valence-corrected chi connectivity index (χ1v) is 24.9. The first-order chi connectivity index (χ1) is 37.5. The SMILES string of the molecule is C=CCO[C@@H]1O[C@@H](C)[C@H](O[C@@H]2O[C@@H](COC(=O)c3ccccc3)[C@H](OC(=O)c3ccccc3)[C@H]2OC(=O)c2ccccc2)[C@@H](OC2(C)O[C@H]3O[C@H](COC(C)=O)[C@@H](OC(C)=O)[C@H](OC(C)=O)[C@H]3O2)[C@H]1OC(=O)c1ccccc1. The van der Waals surface area contributed by atoms with Crippen molar-refractivity contribution in [3.63, 3.8) is 0 Å². The van der Waals surface area contributed by atoms with Gasteiger partial charge in [-0.3, -0.25) is 19.1 Å². The minimum atomic E-state index is -2.30. The first-order valence-electron chi connectivity index (χ1n) is 24.9. The molecule has 4 aliphatic rings. The van der Waals surface area contributed by atoms with Gasteiger partial charge in [0, 0.05) is 27.7 Å². The van der Waals surface area contributed by atoms with Crippen molar-refractivity contribution in [2.75, 3.05) is 19.8 Å². The Morgan fingerprint density at radius 3 is 1.45 bits per heavy atom. The van der Waals surface area contributed by atoms with Crippen molar-refractivity contribution >= 4 is 41.8 Å². The summed E-state index contributed by atoms with van der Waals surface area (Å²) < 4.78 is 92.5. The van der Waals surface area contributed by atoms with Gasteiger partial charge in [0.05, 0.1) is 35.0 Å². The van der Waals surface area contributed by atoms with Crippen molar-refractivity contribution < 1.29 is 105 Å². The molecule has 15 atom stereocenters. The Balaban J connectivity index is 1.19. The van der Waals surface area contributed by atoms with Crippen LogP contribution in [0, 0.1) is 0 Å². The lowest BCUT2D eigenvalue weighted by molar-refractivity contribution is -0.406. The maximum absolute atomic E-state index is 14.2. The first kappa shape index (κ1) is 56.8. The molecular weight excluding hydrogens is 1020 g/mol. The number of carbonyl (C=O) groups excluding carboxylic acids is 7. The molecule has 4 fully saturated rings. The zero-order valence-electron chi connectivity index (χ0n) is 43.0. The zero-order chi connectivity index (χ0) is 55.5. The van der Waals surface area contributed by atoms with Gasteiger partial charge in [0.15, 0.2) is 55.5 Å². The monoisotopic (exact) mass is 1080 g/mol. The van der Waals surface area contributed by atoms with Crippen molar-refractivity contribution in [3.8, 4) is 0 Å². The van der Waals surface area contributed by atoms with Crippen molar-refractivity contribution in [2.45, 2.75) is 127 Å². The fourth-order valence-corrected chi connectivity index (χ4v) is 9.07. The minimum absolute atomic E-state index is 0.0965. The minimum Gasteiger partial charge on any atom is -0.463 e. The van der Waals surface area contributed by atoms with Crippen molar-refractivity contribution in [2.24, 2.45) is 0 Å². The van der Waals surface area contributed by atoms with Crippen LogP contribution in [0.3, 0.4) is 0 Å². The van der Waals surface area contributed by atoms with Crippen LogP contribution < -0.4 is 0 Å². The molecule has 4 aromatic carbocycles. The predicted octanol–water partition coefficient (Wildman–Crippen LogP) is 5.20. The average Bonchev–Trinajstić information content (AvgIpc) is 3.96. The van der Waals surface area contributed by atoms with Crippen molar-refractivity contribution in [1.82, 2.24) is 0 Å². The van der Waals surface area contributed by atoms with Crippen LogP contribution in [0.25, 0.3) is 0 Å². The van der Waals surface area contributed by atoms with E-state index in [1.807, 2.05) is 0 Å². The second kappa shape index (κ2) is 25.8. The molecular formula is C56H58O22. The lowest BCUT2D eigenvalue weighted by Crippen LogP contribution is -2.63. The van der Waals surface area contributed by atoms with Crippen LogP contribution in [-0.2, 0) is 85.4 Å². The largest absolute Gasteiger partial charge is 0.463 e. The quantitative estimate of drug-likeness (QED) is 0.0625. The smallest absolute Gasteiger partial charge is 0.338 e. The van der Waals surface area contributed by atoms with Gasteiger partial charge in [-0.1, -0.05) is 78.9 Å². The van der Waals surface area contributed by atoms with Gasteiger partial charge in [-0.2, -0.15) is 0 Å². The number of ether oxygens (including phenoxy) is 15. The second-order valence-corrected chi connectivity index (χ2v) is 18.3. The summed E-state index contributed by atoms with van der Waals surface area (Å²) in [7, 11) is 0. The second-order valence-electron chi connectivity index (χ2n) is 18.3. The molecule has 0 N–H and O–H groups in total. The Morgan fingerprint density at radius 1 is 0.500 bits per heavy atom. The Bertz CT molecular complexity index is 2730. The molecule has 0 saturated carbocycles. The molecule has 4 aliphatic heterocycles. The molecule has 0 bridgehead atoms. The molecule has 22 nitrogen and oxygen atoms in total. The van der Waals surface area contributed by atoms with Crippen LogP contribution in [0.1, 0.15) is 76.1 Å². The van der Waals surface area contributed by atoms with E-state index in [-0.39, 0.29) is 28.9 Å². The molecule has 0 radical (unpaired) electrons. The Labute approximate surface area is 447 Å². The summed E-state index contributed by atoms with van der Waals surface area (Å²) in [5, 5.41) is 0.